The summed E-state index contributed by atoms with van der Waals surface area (Å²) in [6.07, 6.45) is 0.617. The van der Waals surface area contributed by atoms with Gasteiger partial charge in [0.25, 0.3) is 5.91 Å². The molecular formula is C16H20N2O3S. The maximum absolute atomic E-state index is 12.1. The molecular weight excluding hydrogens is 300 g/mol. The van der Waals surface area contributed by atoms with Crippen molar-refractivity contribution in [3.05, 3.63) is 29.3 Å². The Hall–Kier alpha value is -1.50. The van der Waals surface area contributed by atoms with E-state index in [4.69, 9.17) is 0 Å². The van der Waals surface area contributed by atoms with Gasteiger partial charge in [-0.3, -0.25) is 4.79 Å². The minimum absolute atomic E-state index is 0.0264. The molecule has 1 fully saturated rings. The van der Waals surface area contributed by atoms with E-state index in [-0.39, 0.29) is 6.04 Å². The van der Waals surface area contributed by atoms with E-state index in [9.17, 15) is 15.0 Å². The second-order valence-corrected chi connectivity index (χ2v) is 6.96. The first kappa shape index (κ1) is 15.4. The lowest BCUT2D eigenvalue weighted by molar-refractivity contribution is -0.136. The largest absolute Gasteiger partial charge is 0.383 e. The molecule has 3 N–H and O–H groups in total. The van der Waals surface area contributed by atoms with Crippen LogP contribution in [0.1, 0.15) is 37.3 Å². The molecule has 0 unspecified atom stereocenters. The highest BCUT2D eigenvalue weighted by molar-refractivity contribution is 7.18. The fourth-order valence-electron chi connectivity index (χ4n) is 2.66. The fraction of sp³-hybridized carbons (Fsp3) is 0.500. The summed E-state index contributed by atoms with van der Waals surface area (Å²) in [5.41, 5.74) is 0.761. The average Bonchev–Trinajstić information content (AvgIpc) is 2.87. The third-order valence-electron chi connectivity index (χ3n) is 4.36. The summed E-state index contributed by atoms with van der Waals surface area (Å²) in [7, 11) is 0. The third-order valence-corrected chi connectivity index (χ3v) is 5.47. The van der Waals surface area contributed by atoms with E-state index < -0.39 is 18.1 Å². The zero-order chi connectivity index (χ0) is 15.7. The molecule has 1 aliphatic rings. The van der Waals surface area contributed by atoms with E-state index in [1.165, 1.54) is 17.8 Å². The van der Waals surface area contributed by atoms with Gasteiger partial charge < -0.3 is 15.5 Å². The lowest BCUT2D eigenvalue weighted by Crippen LogP contribution is -2.46. The number of para-hydroxylation sites is 1. The van der Waals surface area contributed by atoms with E-state index in [0.29, 0.717) is 10.9 Å². The van der Waals surface area contributed by atoms with Crippen LogP contribution in [0.25, 0.3) is 10.2 Å². The highest BCUT2D eigenvalue weighted by Crippen LogP contribution is 2.30. The van der Waals surface area contributed by atoms with Crippen LogP contribution in [0.5, 0.6) is 0 Å². The molecule has 0 spiro atoms. The van der Waals surface area contributed by atoms with Crippen LogP contribution < -0.4 is 5.32 Å². The zero-order valence-corrected chi connectivity index (χ0v) is 13.2. The Morgan fingerprint density at radius 3 is 2.73 bits per heavy atom. The number of thiazole rings is 1. The molecule has 0 bridgehead atoms. The van der Waals surface area contributed by atoms with E-state index in [1.54, 1.807) is 0 Å². The molecule has 2 aromatic rings. The van der Waals surface area contributed by atoms with Crippen molar-refractivity contribution < 1.29 is 15.0 Å². The molecule has 1 aliphatic carbocycles. The fourth-order valence-corrected chi connectivity index (χ4v) is 3.65. The van der Waals surface area contributed by atoms with Gasteiger partial charge in [0.1, 0.15) is 11.1 Å². The van der Waals surface area contributed by atoms with Crippen LogP contribution in [-0.2, 0) is 4.79 Å². The molecule has 3 rings (SSSR count). The number of aliphatic hydroxyl groups excluding tert-OH is 2. The van der Waals surface area contributed by atoms with Crippen LogP contribution in [0.3, 0.4) is 0 Å². The SMILES string of the molecule is C[C@H](NC(=O)[C@@H](O)[C@H](O)c1nc2ccccc2s1)C1CCC1. The predicted molar refractivity (Wildman–Crippen MR) is 85.5 cm³/mol. The number of aromatic nitrogens is 1. The van der Waals surface area contributed by atoms with E-state index in [2.05, 4.69) is 10.3 Å². The number of carbonyl (C=O) groups excluding carboxylic acids is 1. The Bertz CT molecular complexity index is 635. The van der Waals surface area contributed by atoms with Crippen molar-refractivity contribution in [1.82, 2.24) is 10.3 Å². The second kappa shape index (κ2) is 6.32. The zero-order valence-electron chi connectivity index (χ0n) is 12.4. The minimum Gasteiger partial charge on any atom is -0.383 e. The Labute approximate surface area is 133 Å². The summed E-state index contributed by atoms with van der Waals surface area (Å²) in [6.45, 7) is 1.94. The van der Waals surface area contributed by atoms with Crippen molar-refractivity contribution in [1.29, 1.82) is 0 Å². The van der Waals surface area contributed by atoms with Crippen LogP contribution in [-0.4, -0.2) is 33.3 Å². The maximum Gasteiger partial charge on any atom is 0.252 e. The van der Waals surface area contributed by atoms with Crippen LogP contribution >= 0.6 is 11.3 Å². The van der Waals surface area contributed by atoms with Gasteiger partial charge in [0.05, 0.1) is 10.2 Å². The number of nitrogens with one attached hydrogen (secondary N) is 1. The molecule has 5 nitrogen and oxygen atoms in total. The quantitative estimate of drug-likeness (QED) is 0.787. The van der Waals surface area contributed by atoms with Crippen molar-refractivity contribution in [2.24, 2.45) is 5.92 Å². The third kappa shape index (κ3) is 2.99. The molecule has 118 valence electrons. The lowest BCUT2D eigenvalue weighted by atomic mass is 9.80. The van der Waals surface area contributed by atoms with Gasteiger partial charge in [0, 0.05) is 6.04 Å². The first-order valence-corrected chi connectivity index (χ1v) is 8.40. The molecule has 1 saturated carbocycles. The number of nitrogens with zero attached hydrogens (tertiary/aromatic N) is 1. The van der Waals surface area contributed by atoms with Gasteiger partial charge in [-0.15, -0.1) is 11.3 Å². The Morgan fingerprint density at radius 1 is 1.36 bits per heavy atom. The van der Waals surface area contributed by atoms with Crippen LogP contribution in [0.4, 0.5) is 0 Å². The first-order valence-electron chi connectivity index (χ1n) is 7.58. The topological polar surface area (TPSA) is 82.5 Å². The number of hydrogen-bond donors (Lipinski definition) is 3. The Morgan fingerprint density at radius 2 is 2.09 bits per heavy atom. The number of fused-ring (bicyclic) bond motifs is 1. The van der Waals surface area contributed by atoms with Gasteiger partial charge in [0.15, 0.2) is 6.10 Å². The van der Waals surface area contributed by atoms with E-state index in [1.807, 2.05) is 31.2 Å². The number of hydrogen-bond acceptors (Lipinski definition) is 5. The maximum atomic E-state index is 12.1. The van der Waals surface area contributed by atoms with Crippen LogP contribution in [0.2, 0.25) is 0 Å². The molecule has 0 radical (unpaired) electrons. The van der Waals surface area contributed by atoms with Gasteiger partial charge in [-0.2, -0.15) is 0 Å². The van der Waals surface area contributed by atoms with Gasteiger partial charge in [-0.25, -0.2) is 4.98 Å². The van der Waals surface area contributed by atoms with Crippen molar-refractivity contribution >= 4 is 27.5 Å². The number of carbonyl (C=O) groups is 1. The molecule has 22 heavy (non-hydrogen) atoms. The number of amides is 1. The van der Waals surface area contributed by atoms with Gasteiger partial charge in [-0.1, -0.05) is 18.6 Å². The standard InChI is InChI=1S/C16H20N2O3S/c1-9(10-5-4-6-10)17-15(21)13(19)14(20)16-18-11-7-2-3-8-12(11)22-16/h2-3,7-10,13-14,19-20H,4-6H2,1H3,(H,17,21)/t9-,13-,14-/m0/s1. The molecule has 1 aromatic carbocycles. The first-order chi connectivity index (χ1) is 10.6. The van der Waals surface area contributed by atoms with Crippen LogP contribution in [0, 0.1) is 5.92 Å². The molecule has 1 amide bonds. The number of benzene rings is 1. The molecule has 0 saturated heterocycles. The summed E-state index contributed by atoms with van der Waals surface area (Å²) in [5, 5.41) is 23.5. The second-order valence-electron chi connectivity index (χ2n) is 5.90. The van der Waals surface area contributed by atoms with Crippen molar-refractivity contribution in [2.45, 2.75) is 44.4 Å². The lowest BCUT2D eigenvalue weighted by Gasteiger charge is -2.32. The highest BCUT2D eigenvalue weighted by Gasteiger charge is 2.31. The summed E-state index contributed by atoms with van der Waals surface area (Å²) >= 11 is 1.29. The Balaban J connectivity index is 1.67. The summed E-state index contributed by atoms with van der Waals surface area (Å²) in [6, 6.07) is 7.52. The summed E-state index contributed by atoms with van der Waals surface area (Å²) in [4.78, 5) is 16.4. The smallest absolute Gasteiger partial charge is 0.252 e. The van der Waals surface area contributed by atoms with Gasteiger partial charge in [0.2, 0.25) is 0 Å². The summed E-state index contributed by atoms with van der Waals surface area (Å²) < 4.78 is 0.923. The Kier molecular flexibility index (Phi) is 4.42. The highest BCUT2D eigenvalue weighted by atomic mass is 32.1. The minimum atomic E-state index is -1.50. The van der Waals surface area contributed by atoms with Crippen molar-refractivity contribution in [3.8, 4) is 0 Å². The van der Waals surface area contributed by atoms with Gasteiger partial charge >= 0.3 is 0 Å². The number of rotatable bonds is 5. The van der Waals surface area contributed by atoms with Crippen molar-refractivity contribution in [3.63, 3.8) is 0 Å². The van der Waals surface area contributed by atoms with E-state index in [0.717, 1.165) is 23.1 Å². The molecule has 1 heterocycles. The van der Waals surface area contributed by atoms with Gasteiger partial charge in [-0.05, 0) is 37.8 Å². The monoisotopic (exact) mass is 320 g/mol. The van der Waals surface area contributed by atoms with Crippen molar-refractivity contribution in [2.75, 3.05) is 0 Å². The number of aliphatic hydroxyl groups is 2. The molecule has 0 aliphatic heterocycles. The molecule has 6 heteroatoms. The van der Waals surface area contributed by atoms with E-state index >= 15 is 0 Å². The molecule has 3 atom stereocenters. The predicted octanol–water partition coefficient (Wildman–Crippen LogP) is 2.00. The van der Waals surface area contributed by atoms with Crippen LogP contribution in [0.15, 0.2) is 24.3 Å². The molecule has 1 aromatic heterocycles. The summed E-state index contributed by atoms with van der Waals surface area (Å²) in [5.74, 6) is -0.0538. The normalized spacial score (nSPS) is 19.4. The average molecular weight is 320 g/mol.